The summed E-state index contributed by atoms with van der Waals surface area (Å²) in [5, 5.41) is 22.4. The summed E-state index contributed by atoms with van der Waals surface area (Å²) in [4.78, 5) is 32.3. The van der Waals surface area contributed by atoms with Gasteiger partial charge in [0.2, 0.25) is 10.0 Å². The van der Waals surface area contributed by atoms with E-state index in [2.05, 4.69) is 39.8 Å². The maximum Gasteiger partial charge on any atom is 0.324 e. The highest BCUT2D eigenvalue weighted by Gasteiger charge is 2.36. The lowest BCUT2D eigenvalue weighted by atomic mass is 9.84. The average Bonchev–Trinajstić information content (AvgIpc) is 3.43. The van der Waals surface area contributed by atoms with Gasteiger partial charge in [0.15, 0.2) is 5.75 Å². The summed E-state index contributed by atoms with van der Waals surface area (Å²) in [6.07, 6.45) is 2.79. The van der Waals surface area contributed by atoms with E-state index in [1.54, 1.807) is 25.4 Å². The number of sulfonamides is 1. The molecule has 2 aromatic carbocycles. The van der Waals surface area contributed by atoms with Crippen molar-refractivity contribution >= 4 is 32.8 Å². The van der Waals surface area contributed by atoms with Gasteiger partial charge in [0.1, 0.15) is 17.8 Å². The summed E-state index contributed by atoms with van der Waals surface area (Å²) in [5.41, 5.74) is 9.16. The number of carbonyl (C=O) groups is 2. The average molecular weight is 743 g/mol. The van der Waals surface area contributed by atoms with Crippen molar-refractivity contribution in [2.24, 2.45) is 5.41 Å². The minimum absolute atomic E-state index is 0.0567. The van der Waals surface area contributed by atoms with Gasteiger partial charge in [-0.1, -0.05) is 26.0 Å². The Labute approximate surface area is 309 Å². The van der Waals surface area contributed by atoms with Gasteiger partial charge in [-0.25, -0.2) is 18.6 Å². The van der Waals surface area contributed by atoms with Crippen LogP contribution >= 0.6 is 0 Å². The number of amides is 1. The number of hydrazine groups is 1. The highest BCUT2D eigenvalue weighted by molar-refractivity contribution is 7.89. The van der Waals surface area contributed by atoms with E-state index >= 15 is 0 Å². The summed E-state index contributed by atoms with van der Waals surface area (Å²) in [5.74, 6) is -2.03. The number of ether oxygens (including phenoxy) is 2. The summed E-state index contributed by atoms with van der Waals surface area (Å²) in [6, 6.07) is 14.5. The van der Waals surface area contributed by atoms with Crippen LogP contribution in [0.4, 0.5) is 0 Å². The first-order chi connectivity index (χ1) is 25.2. The minimum Gasteiger partial charge on any atom is -0.508 e. The number of methoxy groups -OCH3 is 1. The number of nitriles is 1. The number of esters is 1. The monoisotopic (exact) mass is 742 g/mol. The highest BCUT2D eigenvalue weighted by atomic mass is 32.2. The third-order valence-corrected chi connectivity index (χ3v) is 11.1. The summed E-state index contributed by atoms with van der Waals surface area (Å²) < 4.78 is 42.0. The molecular weight excluding hydrogens is 697 g/mol. The van der Waals surface area contributed by atoms with E-state index in [-0.39, 0.29) is 31.4 Å². The predicted octanol–water partition coefficient (Wildman–Crippen LogP) is 4.78. The van der Waals surface area contributed by atoms with Crippen molar-refractivity contribution in [2.45, 2.75) is 78.1 Å². The van der Waals surface area contributed by atoms with Crippen molar-refractivity contribution in [3.8, 4) is 34.2 Å². The molecule has 4 aromatic rings. The lowest BCUT2D eigenvalue weighted by molar-refractivity contribution is -0.155. The highest BCUT2D eigenvalue weighted by Crippen LogP contribution is 2.42. The van der Waals surface area contributed by atoms with Gasteiger partial charge in [-0.3, -0.25) is 19.6 Å². The lowest BCUT2D eigenvalue weighted by Crippen LogP contribution is -2.60. The number of aromatic nitrogens is 2. The van der Waals surface area contributed by atoms with E-state index in [1.807, 2.05) is 39.0 Å². The van der Waals surface area contributed by atoms with Crippen LogP contribution in [0.2, 0.25) is 0 Å². The topological polar surface area (TPSA) is 176 Å². The molecule has 1 saturated heterocycles. The van der Waals surface area contributed by atoms with Gasteiger partial charge in [0.05, 0.1) is 30.2 Å². The van der Waals surface area contributed by atoms with Crippen LogP contribution in [-0.2, 0) is 48.5 Å². The van der Waals surface area contributed by atoms with Gasteiger partial charge < -0.3 is 19.1 Å². The number of rotatable bonds is 7. The first kappa shape index (κ1) is 37.9. The Bertz CT molecular complexity index is 2190. The van der Waals surface area contributed by atoms with E-state index in [1.165, 1.54) is 11.1 Å². The van der Waals surface area contributed by atoms with E-state index in [0.717, 1.165) is 39.0 Å². The second-order valence-electron chi connectivity index (χ2n) is 14.6. The van der Waals surface area contributed by atoms with Crippen molar-refractivity contribution in [1.82, 2.24) is 24.7 Å². The number of aryl methyl sites for hydroxylation is 1. The molecular formula is C39H46N6O7S. The minimum atomic E-state index is -4.17. The van der Waals surface area contributed by atoms with Crippen LogP contribution in [0.1, 0.15) is 63.5 Å². The Morgan fingerprint density at radius 2 is 1.98 bits per heavy atom. The number of aromatic hydroxyl groups is 1. The lowest BCUT2D eigenvalue weighted by Gasteiger charge is -2.35. The van der Waals surface area contributed by atoms with E-state index in [9.17, 15) is 23.1 Å². The van der Waals surface area contributed by atoms with E-state index in [0.29, 0.717) is 36.9 Å². The Morgan fingerprint density at radius 1 is 1.19 bits per heavy atom. The van der Waals surface area contributed by atoms with Crippen molar-refractivity contribution in [3.05, 3.63) is 71.5 Å². The molecule has 3 atom stereocenters. The van der Waals surface area contributed by atoms with E-state index in [4.69, 9.17) is 19.7 Å². The van der Waals surface area contributed by atoms with Crippen molar-refractivity contribution in [1.29, 1.82) is 5.26 Å². The van der Waals surface area contributed by atoms with Gasteiger partial charge in [0, 0.05) is 48.3 Å². The fourth-order valence-electron chi connectivity index (χ4n) is 7.39. The number of nitrogens with zero attached hydrogens (tertiary/aromatic N) is 4. The molecule has 13 nitrogen and oxygen atoms in total. The Hall–Kier alpha value is -4.81. The molecule has 53 heavy (non-hydrogen) atoms. The molecule has 1 amide bonds. The fourth-order valence-corrected chi connectivity index (χ4v) is 8.26. The summed E-state index contributed by atoms with van der Waals surface area (Å²) in [7, 11) is -2.51. The Kier molecular flexibility index (Phi) is 10.9. The van der Waals surface area contributed by atoms with Crippen LogP contribution < -0.4 is 10.1 Å². The summed E-state index contributed by atoms with van der Waals surface area (Å²) in [6.45, 7) is 9.14. The molecule has 3 N–H and O–H groups in total. The Morgan fingerprint density at radius 3 is 2.72 bits per heavy atom. The molecule has 2 aliphatic heterocycles. The van der Waals surface area contributed by atoms with Crippen LogP contribution in [0.25, 0.3) is 33.3 Å². The molecule has 6 rings (SSSR count). The molecule has 2 aliphatic rings. The van der Waals surface area contributed by atoms with Gasteiger partial charge in [0.25, 0.3) is 5.91 Å². The molecule has 0 aliphatic carbocycles. The maximum atomic E-state index is 14.0. The second-order valence-corrected chi connectivity index (χ2v) is 16.3. The smallest absolute Gasteiger partial charge is 0.324 e. The molecule has 0 radical (unpaired) electrons. The predicted molar refractivity (Wildman–Crippen MR) is 200 cm³/mol. The van der Waals surface area contributed by atoms with Crippen molar-refractivity contribution in [2.75, 3.05) is 26.0 Å². The van der Waals surface area contributed by atoms with Crippen LogP contribution in [0.3, 0.4) is 0 Å². The van der Waals surface area contributed by atoms with Gasteiger partial charge in [-0.05, 0) is 98.2 Å². The van der Waals surface area contributed by atoms with Gasteiger partial charge in [-0.15, -0.1) is 0 Å². The molecule has 2 aromatic heterocycles. The zero-order chi connectivity index (χ0) is 38.1. The quantitative estimate of drug-likeness (QED) is 0.224. The zero-order valence-corrected chi connectivity index (χ0v) is 31.5. The number of fused-ring (bicyclic) bond motifs is 6. The zero-order valence-electron chi connectivity index (χ0n) is 30.7. The number of hydrogen-bond donors (Lipinski definition) is 3. The molecule has 280 valence electrons. The molecule has 4 heterocycles. The summed E-state index contributed by atoms with van der Waals surface area (Å²) >= 11 is 0. The standard InChI is InChI=1S/C39H46N6O7S/c1-6-44-34-12-11-26-21-30(34)31(36(44)29-9-7-14-41-35(29)24(2)51-5)22-39(3,4)23-52-38(48)32-10-8-15-45(42-32)37(47)33(43-53(49,50)16-13-40)19-25-17-27(26)20-28(46)18-25/h7,9,11-12,14,17-18,20-21,24,32-33,42-43,46H,6,8,10,15-16,19,22-23H2,1-5H3/t24-,32-,33-/m0/s1. The molecule has 14 heteroatoms. The molecule has 1 fully saturated rings. The van der Waals surface area contributed by atoms with Gasteiger partial charge in [-0.2, -0.15) is 5.26 Å². The van der Waals surface area contributed by atoms with Crippen molar-refractivity contribution < 1.29 is 32.6 Å². The largest absolute Gasteiger partial charge is 0.508 e. The third-order valence-electron chi connectivity index (χ3n) is 9.94. The number of hydrogen-bond acceptors (Lipinski definition) is 10. The number of phenolic OH excluding ortho intramolecular Hbond substituents is 1. The number of carbonyl (C=O) groups excluding carboxylic acids is 2. The van der Waals surface area contributed by atoms with Crippen LogP contribution in [0.15, 0.2) is 54.7 Å². The van der Waals surface area contributed by atoms with Crippen LogP contribution in [-0.4, -0.2) is 78.1 Å². The number of benzene rings is 2. The third kappa shape index (κ3) is 8.08. The number of nitrogens with one attached hydrogen (secondary N) is 2. The first-order valence-corrected chi connectivity index (χ1v) is 19.5. The molecule has 0 saturated carbocycles. The van der Waals surface area contributed by atoms with Crippen molar-refractivity contribution in [3.63, 3.8) is 0 Å². The molecule has 6 bridgehead atoms. The second kappa shape index (κ2) is 15.3. The van der Waals surface area contributed by atoms with Crippen LogP contribution in [0.5, 0.6) is 5.75 Å². The van der Waals surface area contributed by atoms with E-state index < -0.39 is 45.2 Å². The fraction of sp³-hybridized carbons (Fsp3) is 0.436. The number of cyclic esters (lactones) is 1. The van der Waals surface area contributed by atoms with Crippen LogP contribution in [0, 0.1) is 16.7 Å². The molecule has 0 spiro atoms. The normalized spacial score (nSPS) is 20.0. The Balaban J connectivity index is 1.57. The van der Waals surface area contributed by atoms with Gasteiger partial charge >= 0.3 is 5.97 Å². The SMILES string of the molecule is CCn1c(-c2cccnc2[C@H](C)OC)c2c3cc(ccc31)-c1cc(O)cc(c1)C[C@H](NS(=O)(=O)CC#N)C(=O)N1CCC[C@H](N1)C(=O)OCC(C)(C)C2. The number of phenols is 1. The number of pyridine rings is 1. The maximum absolute atomic E-state index is 14.0. The molecule has 0 unspecified atom stereocenters. The first-order valence-electron chi connectivity index (χ1n) is 17.8.